The maximum Gasteiger partial charge on any atom is 0.322 e. The molecule has 3 amide bonds. The number of methoxy groups -OCH3 is 1. The summed E-state index contributed by atoms with van der Waals surface area (Å²) in [6.07, 6.45) is 2.17. The second-order valence-corrected chi connectivity index (χ2v) is 7.88. The summed E-state index contributed by atoms with van der Waals surface area (Å²) < 4.78 is 10.7. The molecule has 2 saturated heterocycles. The topological polar surface area (TPSA) is 79.9 Å². The maximum absolute atomic E-state index is 12.6. The predicted molar refractivity (Wildman–Crippen MR) is 110 cm³/mol. The van der Waals surface area contributed by atoms with Crippen LogP contribution in [0.2, 0.25) is 0 Å². The average Bonchev–Trinajstić information content (AvgIpc) is 3.20. The summed E-state index contributed by atoms with van der Waals surface area (Å²) in [6, 6.07) is 14.2. The van der Waals surface area contributed by atoms with Crippen LogP contribution in [0.4, 0.5) is 16.2 Å². The monoisotopic (exact) mass is 395 g/mol. The third-order valence-corrected chi connectivity index (χ3v) is 5.62. The van der Waals surface area contributed by atoms with E-state index in [4.69, 9.17) is 9.47 Å². The second kappa shape index (κ2) is 7.66. The van der Waals surface area contributed by atoms with Crippen LogP contribution in [0, 0.1) is 5.92 Å². The smallest absolute Gasteiger partial charge is 0.322 e. The molecule has 2 aromatic carbocycles. The predicted octanol–water partition coefficient (Wildman–Crippen LogP) is 3.73. The van der Waals surface area contributed by atoms with E-state index in [1.807, 2.05) is 23.1 Å². The standard InChI is InChI=1S/C22H25N3O4/c1-22-11-15(12-22)13-25(22)21(27)24-17-7-5-6-16(10-17)23-20(26)14-29-19-9-4-3-8-18(19)28-2/h3-10,15H,11-14H2,1-2H3,(H,23,26)(H,24,27). The Labute approximate surface area is 170 Å². The molecule has 7 heteroatoms. The molecule has 2 N–H and O–H groups in total. The summed E-state index contributed by atoms with van der Waals surface area (Å²) in [5.74, 6) is 1.41. The Kier molecular flexibility index (Phi) is 5.05. The summed E-state index contributed by atoms with van der Waals surface area (Å²) in [5, 5.41) is 5.73. The van der Waals surface area contributed by atoms with Gasteiger partial charge in [-0.25, -0.2) is 4.79 Å². The Balaban J connectivity index is 1.32. The zero-order chi connectivity index (χ0) is 20.4. The van der Waals surface area contributed by atoms with Gasteiger partial charge in [-0.3, -0.25) is 4.79 Å². The van der Waals surface area contributed by atoms with Crippen molar-refractivity contribution in [2.45, 2.75) is 25.3 Å². The van der Waals surface area contributed by atoms with Gasteiger partial charge in [0.1, 0.15) is 0 Å². The van der Waals surface area contributed by atoms with E-state index in [1.165, 1.54) is 0 Å². The fraction of sp³-hybridized carbons (Fsp3) is 0.364. The van der Waals surface area contributed by atoms with Gasteiger partial charge >= 0.3 is 6.03 Å². The minimum absolute atomic E-state index is 0.00356. The number of hydrogen-bond donors (Lipinski definition) is 2. The molecule has 0 unspecified atom stereocenters. The van der Waals surface area contributed by atoms with Crippen molar-refractivity contribution in [3.05, 3.63) is 48.5 Å². The van der Waals surface area contributed by atoms with Crippen LogP contribution >= 0.6 is 0 Å². The number of carbonyl (C=O) groups is 2. The molecule has 1 aliphatic carbocycles. The van der Waals surface area contributed by atoms with Crippen molar-refractivity contribution < 1.29 is 19.1 Å². The lowest BCUT2D eigenvalue weighted by atomic mass is 9.75. The number of hydrogen-bond acceptors (Lipinski definition) is 4. The second-order valence-electron chi connectivity index (χ2n) is 7.88. The maximum atomic E-state index is 12.6. The number of nitrogens with one attached hydrogen (secondary N) is 2. The summed E-state index contributed by atoms with van der Waals surface area (Å²) >= 11 is 0. The van der Waals surface area contributed by atoms with Gasteiger partial charge in [0.2, 0.25) is 0 Å². The van der Waals surface area contributed by atoms with E-state index in [2.05, 4.69) is 17.6 Å². The van der Waals surface area contributed by atoms with Gasteiger partial charge in [-0.2, -0.15) is 0 Å². The van der Waals surface area contributed by atoms with Gasteiger partial charge in [-0.15, -0.1) is 0 Å². The first-order valence-electron chi connectivity index (χ1n) is 9.71. The molecule has 3 aliphatic rings. The Morgan fingerprint density at radius 2 is 1.76 bits per heavy atom. The van der Waals surface area contributed by atoms with Crippen molar-refractivity contribution >= 4 is 23.3 Å². The van der Waals surface area contributed by atoms with E-state index in [0.717, 1.165) is 19.4 Å². The molecule has 152 valence electrons. The van der Waals surface area contributed by atoms with Crippen LogP contribution < -0.4 is 20.1 Å². The van der Waals surface area contributed by atoms with E-state index < -0.39 is 0 Å². The molecule has 0 aromatic heterocycles. The SMILES string of the molecule is COc1ccccc1OCC(=O)Nc1cccc(NC(=O)N2CC3CC2(C)C3)c1. The number of anilines is 2. The quantitative estimate of drug-likeness (QED) is 0.781. The number of para-hydroxylation sites is 2. The molecule has 2 bridgehead atoms. The molecule has 29 heavy (non-hydrogen) atoms. The number of nitrogens with zero attached hydrogens (tertiary/aromatic N) is 1. The summed E-state index contributed by atoms with van der Waals surface area (Å²) in [4.78, 5) is 26.8. The minimum atomic E-state index is -0.299. The summed E-state index contributed by atoms with van der Waals surface area (Å²) in [6.45, 7) is 2.80. The minimum Gasteiger partial charge on any atom is -0.493 e. The fourth-order valence-electron chi connectivity index (χ4n) is 4.28. The molecule has 3 fully saturated rings. The number of carbonyl (C=O) groups excluding carboxylic acids is 2. The Morgan fingerprint density at radius 3 is 2.41 bits per heavy atom. The highest BCUT2D eigenvalue weighted by Gasteiger charge is 2.54. The van der Waals surface area contributed by atoms with Gasteiger partial charge < -0.3 is 25.0 Å². The van der Waals surface area contributed by atoms with Crippen molar-refractivity contribution in [2.75, 3.05) is 30.9 Å². The van der Waals surface area contributed by atoms with Crippen LogP contribution in [0.5, 0.6) is 11.5 Å². The van der Waals surface area contributed by atoms with Crippen LogP contribution in [0.25, 0.3) is 0 Å². The normalized spacial score (nSPS) is 21.9. The Morgan fingerprint density at radius 1 is 1.07 bits per heavy atom. The molecular formula is C22H25N3O4. The zero-order valence-electron chi connectivity index (χ0n) is 16.6. The van der Waals surface area contributed by atoms with Gasteiger partial charge in [0.05, 0.1) is 7.11 Å². The molecular weight excluding hydrogens is 370 g/mol. The van der Waals surface area contributed by atoms with Crippen molar-refractivity contribution in [2.24, 2.45) is 5.92 Å². The lowest BCUT2D eigenvalue weighted by Crippen LogP contribution is -2.47. The number of ether oxygens (including phenoxy) is 2. The number of fused-ring (bicyclic) bond motifs is 1. The lowest BCUT2D eigenvalue weighted by Gasteiger charge is -2.38. The average molecular weight is 395 g/mol. The first-order valence-corrected chi connectivity index (χ1v) is 9.71. The van der Waals surface area contributed by atoms with E-state index in [0.29, 0.717) is 28.8 Å². The number of rotatable bonds is 6. The summed E-state index contributed by atoms with van der Waals surface area (Å²) in [7, 11) is 1.55. The molecule has 1 saturated carbocycles. The van der Waals surface area contributed by atoms with Gasteiger partial charge in [0.25, 0.3) is 5.91 Å². The molecule has 0 spiro atoms. The number of urea groups is 1. The lowest BCUT2D eigenvalue weighted by molar-refractivity contribution is -0.118. The molecule has 7 nitrogen and oxygen atoms in total. The van der Waals surface area contributed by atoms with E-state index in [9.17, 15) is 9.59 Å². The van der Waals surface area contributed by atoms with Crippen LogP contribution in [-0.2, 0) is 4.79 Å². The molecule has 5 rings (SSSR count). The van der Waals surface area contributed by atoms with Gasteiger partial charge in [0, 0.05) is 23.5 Å². The van der Waals surface area contributed by atoms with E-state index >= 15 is 0 Å². The molecule has 0 radical (unpaired) electrons. The van der Waals surface area contributed by atoms with Crippen LogP contribution in [0.1, 0.15) is 19.8 Å². The van der Waals surface area contributed by atoms with E-state index in [-0.39, 0.29) is 24.1 Å². The van der Waals surface area contributed by atoms with Gasteiger partial charge in [-0.05, 0) is 56.0 Å². The van der Waals surface area contributed by atoms with Crippen LogP contribution in [0.15, 0.2) is 48.5 Å². The highest BCUT2D eigenvalue weighted by Crippen LogP contribution is 2.50. The van der Waals surface area contributed by atoms with E-state index in [1.54, 1.807) is 37.4 Å². The zero-order valence-corrected chi connectivity index (χ0v) is 16.6. The summed E-state index contributed by atoms with van der Waals surface area (Å²) in [5.41, 5.74) is 1.23. The molecule has 2 heterocycles. The Hall–Kier alpha value is -3.22. The van der Waals surface area contributed by atoms with Gasteiger partial charge in [0.15, 0.2) is 18.1 Å². The highest BCUT2D eigenvalue weighted by molar-refractivity contribution is 5.94. The fourth-order valence-corrected chi connectivity index (χ4v) is 4.28. The van der Waals surface area contributed by atoms with Crippen molar-refractivity contribution in [1.29, 1.82) is 0 Å². The number of benzene rings is 2. The van der Waals surface area contributed by atoms with Crippen LogP contribution in [-0.4, -0.2) is 42.6 Å². The Bertz CT molecular complexity index is 924. The number of amides is 3. The first kappa shape index (κ1) is 19.1. The molecule has 2 aliphatic heterocycles. The highest BCUT2D eigenvalue weighted by atomic mass is 16.5. The van der Waals surface area contributed by atoms with Crippen molar-refractivity contribution in [3.8, 4) is 11.5 Å². The van der Waals surface area contributed by atoms with Crippen LogP contribution in [0.3, 0.4) is 0 Å². The largest absolute Gasteiger partial charge is 0.493 e. The van der Waals surface area contributed by atoms with Gasteiger partial charge in [-0.1, -0.05) is 18.2 Å². The van der Waals surface area contributed by atoms with Crippen molar-refractivity contribution in [1.82, 2.24) is 4.90 Å². The first-order chi connectivity index (χ1) is 14.0. The molecule has 2 aromatic rings. The molecule has 0 atom stereocenters. The van der Waals surface area contributed by atoms with Crippen molar-refractivity contribution in [3.63, 3.8) is 0 Å². The third-order valence-electron chi connectivity index (χ3n) is 5.62. The third kappa shape index (κ3) is 3.99.